The van der Waals surface area contributed by atoms with Gasteiger partial charge in [0.1, 0.15) is 12.4 Å². The van der Waals surface area contributed by atoms with Crippen molar-refractivity contribution in [2.45, 2.75) is 33.2 Å². The lowest BCUT2D eigenvalue weighted by Gasteiger charge is -2.27. The zero-order valence-electron chi connectivity index (χ0n) is 12.4. The van der Waals surface area contributed by atoms with Gasteiger partial charge >= 0.3 is 5.69 Å². The Morgan fingerprint density at radius 3 is 2.90 bits per heavy atom. The summed E-state index contributed by atoms with van der Waals surface area (Å²) in [5, 5.41) is 2.84. The molecule has 0 spiro atoms. The number of unbranched alkanes of at least 4 members (excludes halogenated alkanes) is 1. The molecule has 0 bridgehead atoms. The third-order valence-electron chi connectivity index (χ3n) is 3.46. The van der Waals surface area contributed by atoms with Gasteiger partial charge in [-0.1, -0.05) is 29.3 Å². The van der Waals surface area contributed by atoms with E-state index in [1.807, 2.05) is 13.0 Å². The molecule has 2 rings (SSSR count). The first-order valence-electron chi connectivity index (χ1n) is 7.27. The minimum absolute atomic E-state index is 0.0519. The summed E-state index contributed by atoms with van der Waals surface area (Å²) >= 11 is 3.48. The van der Waals surface area contributed by atoms with E-state index in [2.05, 4.69) is 38.1 Å². The van der Waals surface area contributed by atoms with Gasteiger partial charge in [0.25, 0.3) is 0 Å². The van der Waals surface area contributed by atoms with E-state index in [-0.39, 0.29) is 18.1 Å². The fraction of sp³-hybridized carbons (Fsp3) is 0.571. The first kappa shape index (κ1) is 15.9. The molecule has 0 aromatic carbocycles. The van der Waals surface area contributed by atoms with E-state index in [1.165, 1.54) is 4.57 Å². The summed E-state index contributed by atoms with van der Waals surface area (Å²) in [5.41, 5.74) is 0.504. The monoisotopic (exact) mass is 356 g/mol. The Labute approximate surface area is 132 Å². The maximum Gasteiger partial charge on any atom is 0.328 e. The first-order chi connectivity index (χ1) is 10.1. The third-order valence-corrected chi connectivity index (χ3v) is 3.94. The number of carbonyl (C=O) groups is 1. The number of fused-ring (bicyclic) bond motifs is 1. The van der Waals surface area contributed by atoms with Crippen LogP contribution in [0.1, 0.15) is 32.4 Å². The number of halogens is 1. The number of hydrogen-bond acceptors (Lipinski definition) is 3. The number of nitrogens with zero attached hydrogens (tertiary/aromatic N) is 2. The molecule has 1 aromatic rings. The van der Waals surface area contributed by atoms with Crippen molar-refractivity contribution in [3.63, 3.8) is 0 Å². The predicted molar refractivity (Wildman–Crippen MR) is 87.8 cm³/mol. The van der Waals surface area contributed by atoms with Crippen molar-refractivity contribution in [3.05, 3.63) is 20.7 Å². The second kappa shape index (κ2) is 6.98. The van der Waals surface area contributed by atoms with Gasteiger partial charge in [0.15, 0.2) is 0 Å². The normalized spacial score (nSPS) is 13.9. The van der Waals surface area contributed by atoms with E-state index >= 15 is 0 Å². The highest BCUT2D eigenvalue weighted by Crippen LogP contribution is 2.28. The number of rotatable bonds is 6. The van der Waals surface area contributed by atoms with Gasteiger partial charge in [-0.2, -0.15) is 0 Å². The van der Waals surface area contributed by atoms with Crippen molar-refractivity contribution >= 4 is 33.7 Å². The number of nitrogens with one attached hydrogen (secondary N) is 2. The van der Waals surface area contributed by atoms with Crippen LogP contribution in [0.5, 0.6) is 0 Å². The lowest BCUT2D eigenvalue weighted by atomic mass is 10.2. The molecule has 2 N–H and O–H groups in total. The summed E-state index contributed by atoms with van der Waals surface area (Å²) in [5.74, 6) is 0.661. The first-order valence-corrected chi connectivity index (χ1v) is 8.06. The van der Waals surface area contributed by atoms with E-state index in [1.54, 1.807) is 0 Å². The largest absolute Gasteiger partial charge is 0.355 e. The van der Waals surface area contributed by atoms with E-state index in [0.717, 1.165) is 35.4 Å². The Kier molecular flexibility index (Phi) is 5.27. The number of aromatic nitrogens is 2. The van der Waals surface area contributed by atoms with Crippen LogP contribution in [0.2, 0.25) is 0 Å². The van der Waals surface area contributed by atoms with Crippen LogP contribution in [0.3, 0.4) is 0 Å². The number of aromatic amines is 1. The molecule has 6 nitrogen and oxygen atoms in total. The minimum atomic E-state index is -0.248. The lowest BCUT2D eigenvalue weighted by molar-refractivity contribution is -0.121. The van der Waals surface area contributed by atoms with Crippen molar-refractivity contribution in [2.75, 3.05) is 24.5 Å². The molecular formula is C14H21BrN4O2. The second-order valence-corrected chi connectivity index (χ2v) is 6.08. The van der Waals surface area contributed by atoms with Crippen molar-refractivity contribution < 1.29 is 4.79 Å². The minimum Gasteiger partial charge on any atom is -0.355 e. The second-order valence-electron chi connectivity index (χ2n) is 5.06. The average molecular weight is 357 g/mol. The van der Waals surface area contributed by atoms with Crippen LogP contribution in [0.25, 0.3) is 6.08 Å². The van der Waals surface area contributed by atoms with Crippen LogP contribution < -0.4 is 15.9 Å². The molecule has 0 saturated heterocycles. The number of anilines is 1. The highest BCUT2D eigenvalue weighted by Gasteiger charge is 2.23. The van der Waals surface area contributed by atoms with Crippen LogP contribution in [-0.4, -0.2) is 35.1 Å². The number of hydrogen-bond donors (Lipinski definition) is 2. The SMILES string of the molecule is CCCCNC(=O)Cn1c2c([nH]c1=O)C=C(Br)CN2CC. The summed E-state index contributed by atoms with van der Waals surface area (Å²) in [6, 6.07) is 0. The van der Waals surface area contributed by atoms with Gasteiger partial charge in [-0.15, -0.1) is 0 Å². The number of H-pyrrole nitrogens is 1. The maximum atomic E-state index is 12.1. The maximum absolute atomic E-state index is 12.1. The summed E-state index contributed by atoms with van der Waals surface area (Å²) in [6.45, 7) is 6.28. The molecule has 0 atom stereocenters. The van der Waals surface area contributed by atoms with Crippen molar-refractivity contribution in [2.24, 2.45) is 0 Å². The van der Waals surface area contributed by atoms with Gasteiger partial charge in [0.2, 0.25) is 5.91 Å². The lowest BCUT2D eigenvalue weighted by Crippen LogP contribution is -2.35. The van der Waals surface area contributed by atoms with Gasteiger partial charge < -0.3 is 15.2 Å². The van der Waals surface area contributed by atoms with Gasteiger partial charge in [-0.05, 0) is 19.4 Å². The summed E-state index contributed by atoms with van der Waals surface area (Å²) in [4.78, 5) is 28.9. The zero-order chi connectivity index (χ0) is 15.4. The standard InChI is InChI=1S/C14H21BrN4O2/c1-3-5-6-16-12(20)9-19-13-11(17-14(19)21)7-10(15)8-18(13)4-2/h7H,3-6,8-9H2,1-2H3,(H,16,20)(H,17,21). The fourth-order valence-electron chi connectivity index (χ4n) is 2.39. The van der Waals surface area contributed by atoms with E-state index < -0.39 is 0 Å². The molecule has 2 heterocycles. The smallest absolute Gasteiger partial charge is 0.328 e. The Hall–Kier alpha value is -1.50. The quantitative estimate of drug-likeness (QED) is 0.761. The highest BCUT2D eigenvalue weighted by atomic mass is 79.9. The van der Waals surface area contributed by atoms with Gasteiger partial charge in [-0.3, -0.25) is 9.36 Å². The third kappa shape index (κ3) is 3.58. The van der Waals surface area contributed by atoms with E-state index in [4.69, 9.17) is 0 Å². The predicted octanol–water partition coefficient (Wildman–Crippen LogP) is 1.67. The molecule has 1 aliphatic rings. The van der Waals surface area contributed by atoms with Gasteiger partial charge in [-0.25, -0.2) is 4.79 Å². The van der Waals surface area contributed by atoms with Gasteiger partial charge in [0.05, 0.1) is 12.2 Å². The zero-order valence-corrected chi connectivity index (χ0v) is 14.0. The Morgan fingerprint density at radius 2 is 2.24 bits per heavy atom. The number of likely N-dealkylation sites (N-methyl/N-ethyl adjacent to an activating group) is 1. The van der Waals surface area contributed by atoms with Crippen LogP contribution >= 0.6 is 15.9 Å². The Morgan fingerprint density at radius 1 is 1.48 bits per heavy atom. The molecule has 0 unspecified atom stereocenters. The highest BCUT2D eigenvalue weighted by molar-refractivity contribution is 9.11. The summed E-state index contributed by atoms with van der Waals surface area (Å²) < 4.78 is 2.52. The van der Waals surface area contributed by atoms with Crippen molar-refractivity contribution in [1.82, 2.24) is 14.9 Å². The van der Waals surface area contributed by atoms with Crippen LogP contribution in [0.15, 0.2) is 9.28 Å². The van der Waals surface area contributed by atoms with Crippen molar-refractivity contribution in [1.29, 1.82) is 0 Å². The van der Waals surface area contributed by atoms with Crippen LogP contribution in [-0.2, 0) is 11.3 Å². The molecule has 1 aromatic heterocycles. The summed E-state index contributed by atoms with van der Waals surface area (Å²) in [7, 11) is 0. The molecule has 1 aliphatic heterocycles. The summed E-state index contributed by atoms with van der Waals surface area (Å²) in [6.07, 6.45) is 3.87. The van der Waals surface area contributed by atoms with Crippen LogP contribution in [0, 0.1) is 0 Å². The molecular weight excluding hydrogens is 336 g/mol. The molecule has 1 amide bonds. The topological polar surface area (TPSA) is 70.1 Å². The molecule has 7 heteroatoms. The Balaban J connectivity index is 2.21. The fourth-order valence-corrected chi connectivity index (χ4v) is 2.93. The number of imidazole rings is 1. The van der Waals surface area contributed by atoms with E-state index in [9.17, 15) is 9.59 Å². The molecule has 0 saturated carbocycles. The molecule has 0 fully saturated rings. The Bertz CT molecular complexity index is 603. The number of amides is 1. The molecule has 0 aliphatic carbocycles. The van der Waals surface area contributed by atoms with E-state index in [0.29, 0.717) is 13.1 Å². The molecule has 0 radical (unpaired) electrons. The average Bonchev–Trinajstić information content (AvgIpc) is 2.74. The van der Waals surface area contributed by atoms with Gasteiger partial charge in [0, 0.05) is 17.6 Å². The number of carbonyl (C=O) groups excluding carboxylic acids is 1. The molecule has 21 heavy (non-hydrogen) atoms. The molecule has 116 valence electrons. The van der Waals surface area contributed by atoms with Crippen molar-refractivity contribution in [3.8, 4) is 0 Å². The van der Waals surface area contributed by atoms with Crippen LogP contribution in [0.4, 0.5) is 5.82 Å².